The van der Waals surface area contributed by atoms with Crippen LogP contribution >= 0.6 is 15.2 Å². The summed E-state index contributed by atoms with van der Waals surface area (Å²) in [6.45, 7) is 1.90. The van der Waals surface area contributed by atoms with Crippen molar-refractivity contribution < 1.29 is 27.2 Å². The molecule has 0 aromatic heterocycles. The monoisotopic (exact) mass is 310 g/mol. The molecule has 0 saturated carbocycles. The van der Waals surface area contributed by atoms with Gasteiger partial charge >= 0.3 is 15.2 Å². The molecule has 19 heavy (non-hydrogen) atoms. The van der Waals surface area contributed by atoms with Crippen LogP contribution in [0.5, 0.6) is 0 Å². The number of rotatable bonds is 6. The molecular formula is C11H20O6P2. The molecule has 0 N–H and O–H groups in total. The number of hydrogen-bond donors (Lipinski definition) is 0. The first-order valence-electron chi connectivity index (χ1n) is 5.68. The summed E-state index contributed by atoms with van der Waals surface area (Å²) in [6, 6.07) is 0. The van der Waals surface area contributed by atoms with Crippen molar-refractivity contribution in [2.75, 3.05) is 28.4 Å². The normalized spacial score (nSPS) is 17.6. The highest BCUT2D eigenvalue weighted by atomic mass is 31.2. The zero-order chi connectivity index (χ0) is 14.7. The van der Waals surface area contributed by atoms with E-state index in [1.165, 1.54) is 28.4 Å². The summed E-state index contributed by atoms with van der Waals surface area (Å²) in [5, 5.41) is 0.722. The molecular weight excluding hydrogens is 290 g/mol. The van der Waals surface area contributed by atoms with Crippen LogP contribution < -0.4 is 0 Å². The van der Waals surface area contributed by atoms with Gasteiger partial charge in [0.25, 0.3) is 0 Å². The summed E-state index contributed by atoms with van der Waals surface area (Å²) < 4.78 is 45.1. The molecule has 0 aromatic carbocycles. The van der Waals surface area contributed by atoms with Crippen LogP contribution in [0.1, 0.15) is 19.8 Å². The van der Waals surface area contributed by atoms with E-state index in [0.717, 1.165) is 5.57 Å². The molecule has 8 heteroatoms. The summed E-state index contributed by atoms with van der Waals surface area (Å²) in [6.07, 6.45) is 2.61. The summed E-state index contributed by atoms with van der Waals surface area (Å²) >= 11 is 0. The Balaban J connectivity index is 3.43. The van der Waals surface area contributed by atoms with Gasteiger partial charge in [0.05, 0.1) is 10.6 Å². The van der Waals surface area contributed by atoms with Gasteiger partial charge in [-0.05, 0) is 13.3 Å². The highest BCUT2D eigenvalue weighted by molar-refractivity contribution is 7.62. The highest BCUT2D eigenvalue weighted by Crippen LogP contribution is 2.67. The van der Waals surface area contributed by atoms with Crippen molar-refractivity contribution in [1.29, 1.82) is 0 Å². The van der Waals surface area contributed by atoms with Gasteiger partial charge in [-0.15, -0.1) is 0 Å². The van der Waals surface area contributed by atoms with Crippen LogP contribution in [-0.2, 0) is 27.2 Å². The Kier molecular flexibility index (Phi) is 5.75. The van der Waals surface area contributed by atoms with E-state index >= 15 is 0 Å². The van der Waals surface area contributed by atoms with E-state index in [-0.39, 0.29) is 0 Å². The van der Waals surface area contributed by atoms with Gasteiger partial charge in [-0.1, -0.05) is 11.6 Å². The van der Waals surface area contributed by atoms with Crippen LogP contribution in [0.4, 0.5) is 0 Å². The van der Waals surface area contributed by atoms with E-state index in [0.29, 0.717) is 23.5 Å². The highest BCUT2D eigenvalue weighted by Gasteiger charge is 2.40. The van der Waals surface area contributed by atoms with E-state index in [9.17, 15) is 9.13 Å². The third kappa shape index (κ3) is 3.27. The molecule has 1 rings (SSSR count). The zero-order valence-electron chi connectivity index (χ0n) is 11.8. The molecule has 0 atom stereocenters. The first-order chi connectivity index (χ1) is 8.86. The smallest absolute Gasteiger partial charge is 0.309 e. The molecule has 0 radical (unpaired) electrons. The van der Waals surface area contributed by atoms with Crippen molar-refractivity contribution in [3.05, 3.63) is 22.3 Å². The minimum absolute atomic E-state index is 0.344. The predicted molar refractivity (Wildman–Crippen MR) is 73.3 cm³/mol. The quantitative estimate of drug-likeness (QED) is 0.547. The van der Waals surface area contributed by atoms with Crippen molar-refractivity contribution in [1.82, 2.24) is 0 Å². The maximum atomic E-state index is 12.6. The molecule has 0 aliphatic heterocycles. The summed E-state index contributed by atoms with van der Waals surface area (Å²) in [5.41, 5.74) is 1.01. The van der Waals surface area contributed by atoms with Crippen LogP contribution in [-0.4, -0.2) is 28.4 Å². The molecule has 110 valence electrons. The number of hydrogen-bond acceptors (Lipinski definition) is 6. The molecule has 0 bridgehead atoms. The number of allylic oxidation sites excluding steroid dienone is 4. The zero-order valence-corrected chi connectivity index (χ0v) is 13.6. The van der Waals surface area contributed by atoms with Gasteiger partial charge in [-0.2, -0.15) is 0 Å². The topological polar surface area (TPSA) is 71.1 Å². The van der Waals surface area contributed by atoms with E-state index in [1.807, 2.05) is 13.0 Å². The summed E-state index contributed by atoms with van der Waals surface area (Å²) in [4.78, 5) is 0. The second kappa shape index (κ2) is 6.49. The minimum atomic E-state index is -3.47. The van der Waals surface area contributed by atoms with E-state index in [1.54, 1.807) is 0 Å². The van der Waals surface area contributed by atoms with Crippen LogP contribution in [0, 0.1) is 0 Å². The summed E-state index contributed by atoms with van der Waals surface area (Å²) in [5.74, 6) is 0. The second-order valence-corrected chi connectivity index (χ2v) is 8.58. The Hall–Kier alpha value is -0.220. The van der Waals surface area contributed by atoms with Gasteiger partial charge in [-0.25, -0.2) is 0 Å². The van der Waals surface area contributed by atoms with Gasteiger partial charge in [0.15, 0.2) is 0 Å². The fourth-order valence-corrected chi connectivity index (χ4v) is 5.42. The average molecular weight is 310 g/mol. The lowest BCUT2D eigenvalue weighted by Gasteiger charge is -2.27. The molecule has 0 heterocycles. The maximum absolute atomic E-state index is 12.6. The molecule has 1 aliphatic rings. The largest absolute Gasteiger partial charge is 0.357 e. The van der Waals surface area contributed by atoms with Crippen LogP contribution in [0.15, 0.2) is 22.3 Å². The molecule has 0 spiro atoms. The van der Waals surface area contributed by atoms with Gasteiger partial charge in [0.2, 0.25) is 0 Å². The first-order valence-corrected chi connectivity index (χ1v) is 8.77. The van der Waals surface area contributed by atoms with Crippen LogP contribution in [0.2, 0.25) is 0 Å². The lowest BCUT2D eigenvalue weighted by atomic mass is 10.1. The Bertz CT molecular complexity index is 477. The Morgan fingerprint density at radius 2 is 1.32 bits per heavy atom. The minimum Gasteiger partial charge on any atom is -0.309 e. The molecule has 0 aromatic rings. The van der Waals surface area contributed by atoms with E-state index in [2.05, 4.69) is 0 Å². The lowest BCUT2D eigenvalue weighted by Crippen LogP contribution is -2.05. The lowest BCUT2D eigenvalue weighted by molar-refractivity contribution is 0.275. The Morgan fingerprint density at radius 1 is 0.895 bits per heavy atom. The second-order valence-electron chi connectivity index (χ2n) is 4.05. The van der Waals surface area contributed by atoms with E-state index < -0.39 is 15.2 Å². The van der Waals surface area contributed by atoms with Crippen LogP contribution in [0.25, 0.3) is 0 Å². The summed E-state index contributed by atoms with van der Waals surface area (Å²) in [7, 11) is -1.74. The first kappa shape index (κ1) is 16.8. The molecule has 6 nitrogen and oxygen atoms in total. The van der Waals surface area contributed by atoms with Gasteiger partial charge in [-0.3, -0.25) is 9.13 Å². The SMILES string of the molecule is COP(=O)(OC)C1=C(P(=O)(OC)OC)CC(C)=CC1. The average Bonchev–Trinajstić information content (AvgIpc) is 2.45. The van der Waals surface area contributed by atoms with Gasteiger partial charge < -0.3 is 18.1 Å². The van der Waals surface area contributed by atoms with Crippen LogP contribution in [0.3, 0.4) is 0 Å². The van der Waals surface area contributed by atoms with Gasteiger partial charge in [0, 0.05) is 34.9 Å². The molecule has 0 saturated heterocycles. The molecule has 0 fully saturated rings. The Labute approximate surface area is 113 Å². The molecule has 0 amide bonds. The van der Waals surface area contributed by atoms with E-state index in [4.69, 9.17) is 18.1 Å². The molecule has 1 aliphatic carbocycles. The van der Waals surface area contributed by atoms with Crippen molar-refractivity contribution in [2.45, 2.75) is 19.8 Å². The predicted octanol–water partition coefficient (Wildman–Crippen LogP) is 3.91. The van der Waals surface area contributed by atoms with Crippen molar-refractivity contribution in [3.63, 3.8) is 0 Å². The fourth-order valence-electron chi connectivity index (χ4n) is 1.94. The molecule has 0 unspecified atom stereocenters. The standard InChI is InChI=1S/C11H20O6P2/c1-9-6-7-10(18(12,14-2)15-3)11(8-9)19(13,16-4)17-5/h6H,7-8H2,1-5H3. The fraction of sp³-hybridized carbons (Fsp3) is 0.636. The van der Waals surface area contributed by atoms with Crippen molar-refractivity contribution >= 4 is 15.2 Å². The maximum Gasteiger partial charge on any atom is 0.357 e. The third-order valence-electron chi connectivity index (χ3n) is 3.05. The Morgan fingerprint density at radius 3 is 1.74 bits per heavy atom. The third-order valence-corrected chi connectivity index (χ3v) is 7.35. The van der Waals surface area contributed by atoms with Gasteiger partial charge in [0.1, 0.15) is 0 Å². The van der Waals surface area contributed by atoms with Crippen molar-refractivity contribution in [3.8, 4) is 0 Å². The van der Waals surface area contributed by atoms with Crippen molar-refractivity contribution in [2.24, 2.45) is 0 Å².